The van der Waals surface area contributed by atoms with Crippen molar-refractivity contribution in [3.05, 3.63) is 23.9 Å². The van der Waals surface area contributed by atoms with E-state index >= 15 is 0 Å². The smallest absolute Gasteiger partial charge is 0.213 e. The number of pyridine rings is 1. The van der Waals surface area contributed by atoms with E-state index in [1.807, 2.05) is 18.2 Å². The van der Waals surface area contributed by atoms with Crippen molar-refractivity contribution in [2.45, 2.75) is 26.4 Å². The van der Waals surface area contributed by atoms with Gasteiger partial charge in [0.05, 0.1) is 32.6 Å². The third kappa shape index (κ3) is 5.98. The second-order valence-electron chi connectivity index (χ2n) is 5.74. The molecule has 0 bridgehead atoms. The van der Waals surface area contributed by atoms with Crippen LogP contribution in [-0.4, -0.2) is 68.4 Å². The quantitative estimate of drug-likeness (QED) is 0.569. The maximum atomic E-state index is 5.41. The van der Waals surface area contributed by atoms with Crippen LogP contribution in [0.1, 0.15) is 19.5 Å². The summed E-state index contributed by atoms with van der Waals surface area (Å²) < 4.78 is 10.6. The Labute approximate surface area is 144 Å². The van der Waals surface area contributed by atoms with Crippen molar-refractivity contribution in [2.24, 2.45) is 4.99 Å². The molecular weight excluding hydrogens is 306 g/mol. The fourth-order valence-corrected chi connectivity index (χ4v) is 2.55. The molecule has 134 valence electrons. The summed E-state index contributed by atoms with van der Waals surface area (Å²) in [5.41, 5.74) is 0.882. The number of guanidine groups is 1. The van der Waals surface area contributed by atoms with Crippen LogP contribution in [0.15, 0.2) is 23.2 Å². The van der Waals surface area contributed by atoms with Crippen molar-refractivity contribution in [1.82, 2.24) is 20.5 Å². The maximum absolute atomic E-state index is 5.41. The lowest BCUT2D eigenvalue weighted by atomic mass is 10.2. The van der Waals surface area contributed by atoms with E-state index in [0.29, 0.717) is 18.5 Å². The Morgan fingerprint density at radius 2 is 2.17 bits per heavy atom. The van der Waals surface area contributed by atoms with Gasteiger partial charge in [0.25, 0.3) is 0 Å². The summed E-state index contributed by atoms with van der Waals surface area (Å²) in [4.78, 5) is 11.4. The monoisotopic (exact) mass is 335 g/mol. The van der Waals surface area contributed by atoms with Crippen molar-refractivity contribution in [3.63, 3.8) is 0 Å². The highest BCUT2D eigenvalue weighted by Crippen LogP contribution is 2.07. The topological polar surface area (TPSA) is 71.0 Å². The average molecular weight is 335 g/mol. The molecule has 2 rings (SSSR count). The number of hydrogen-bond donors (Lipinski definition) is 2. The lowest BCUT2D eigenvalue weighted by molar-refractivity contribution is 0.0211. The molecule has 0 radical (unpaired) electrons. The molecule has 1 atom stereocenters. The first-order valence-electron chi connectivity index (χ1n) is 8.56. The van der Waals surface area contributed by atoms with E-state index in [0.717, 1.165) is 51.0 Å². The molecular formula is C17H29N5O2. The zero-order valence-electron chi connectivity index (χ0n) is 14.9. The number of methoxy groups -OCH3 is 1. The van der Waals surface area contributed by atoms with Crippen LogP contribution in [0.25, 0.3) is 0 Å². The highest BCUT2D eigenvalue weighted by Gasteiger charge is 2.16. The number of nitrogens with zero attached hydrogens (tertiary/aromatic N) is 3. The van der Waals surface area contributed by atoms with E-state index in [4.69, 9.17) is 9.47 Å². The molecule has 2 N–H and O–H groups in total. The number of ether oxygens (including phenoxy) is 2. The van der Waals surface area contributed by atoms with Gasteiger partial charge in [-0.2, -0.15) is 0 Å². The van der Waals surface area contributed by atoms with Crippen LogP contribution in [0, 0.1) is 0 Å². The van der Waals surface area contributed by atoms with Crippen molar-refractivity contribution in [2.75, 3.05) is 46.5 Å². The summed E-state index contributed by atoms with van der Waals surface area (Å²) in [5, 5.41) is 6.69. The normalized spacial score (nSPS) is 17.4. The van der Waals surface area contributed by atoms with Crippen molar-refractivity contribution >= 4 is 5.96 Å². The SMILES string of the molecule is CCNC(=NCc1cccc(OC)n1)NCC(C)N1CCOCC1. The molecule has 1 unspecified atom stereocenters. The zero-order valence-corrected chi connectivity index (χ0v) is 14.9. The van der Waals surface area contributed by atoms with Crippen LogP contribution in [0.5, 0.6) is 5.88 Å². The van der Waals surface area contributed by atoms with Gasteiger partial charge in [-0.15, -0.1) is 0 Å². The van der Waals surface area contributed by atoms with Gasteiger partial charge in [0.1, 0.15) is 0 Å². The van der Waals surface area contributed by atoms with Gasteiger partial charge in [-0.3, -0.25) is 4.90 Å². The molecule has 0 amide bonds. The molecule has 1 aliphatic heterocycles. The Kier molecular flexibility index (Phi) is 7.77. The van der Waals surface area contributed by atoms with Crippen LogP contribution in [0.4, 0.5) is 0 Å². The largest absolute Gasteiger partial charge is 0.481 e. The van der Waals surface area contributed by atoms with E-state index < -0.39 is 0 Å². The number of aromatic nitrogens is 1. The average Bonchev–Trinajstić information content (AvgIpc) is 2.64. The number of morpholine rings is 1. The van der Waals surface area contributed by atoms with Gasteiger partial charge in [-0.25, -0.2) is 9.98 Å². The highest BCUT2D eigenvalue weighted by molar-refractivity contribution is 5.79. The maximum Gasteiger partial charge on any atom is 0.213 e. The first kappa shape index (κ1) is 18.5. The van der Waals surface area contributed by atoms with E-state index in [9.17, 15) is 0 Å². The first-order chi connectivity index (χ1) is 11.7. The minimum atomic E-state index is 0.438. The third-order valence-corrected chi connectivity index (χ3v) is 3.97. The molecule has 7 heteroatoms. The fourth-order valence-electron chi connectivity index (χ4n) is 2.55. The van der Waals surface area contributed by atoms with Gasteiger partial charge in [0, 0.05) is 38.3 Å². The van der Waals surface area contributed by atoms with Crippen LogP contribution < -0.4 is 15.4 Å². The predicted molar refractivity (Wildman–Crippen MR) is 95.5 cm³/mol. The summed E-state index contributed by atoms with van der Waals surface area (Å²) in [7, 11) is 1.62. The van der Waals surface area contributed by atoms with E-state index in [1.165, 1.54) is 0 Å². The predicted octanol–water partition coefficient (Wildman–Crippen LogP) is 0.866. The van der Waals surface area contributed by atoms with Gasteiger partial charge < -0.3 is 20.1 Å². The van der Waals surface area contributed by atoms with E-state index in [-0.39, 0.29) is 0 Å². The Morgan fingerprint density at radius 1 is 1.38 bits per heavy atom. The molecule has 0 aromatic carbocycles. The molecule has 24 heavy (non-hydrogen) atoms. The summed E-state index contributed by atoms with van der Waals surface area (Å²) >= 11 is 0. The lowest BCUT2D eigenvalue weighted by Crippen LogP contribution is -2.49. The van der Waals surface area contributed by atoms with Crippen molar-refractivity contribution in [1.29, 1.82) is 0 Å². The number of rotatable bonds is 7. The van der Waals surface area contributed by atoms with E-state index in [2.05, 4.69) is 39.4 Å². The lowest BCUT2D eigenvalue weighted by Gasteiger charge is -2.32. The summed E-state index contributed by atoms with van der Waals surface area (Å²) in [6.45, 7) is 10.1. The molecule has 2 heterocycles. The molecule has 0 aliphatic carbocycles. The van der Waals surface area contributed by atoms with Crippen molar-refractivity contribution < 1.29 is 9.47 Å². The minimum Gasteiger partial charge on any atom is -0.481 e. The Bertz CT molecular complexity index is 517. The molecule has 7 nitrogen and oxygen atoms in total. The highest BCUT2D eigenvalue weighted by atomic mass is 16.5. The zero-order chi connectivity index (χ0) is 17.2. The number of nitrogens with one attached hydrogen (secondary N) is 2. The summed E-state index contributed by atoms with van der Waals surface area (Å²) in [5.74, 6) is 1.42. The second-order valence-corrected chi connectivity index (χ2v) is 5.74. The van der Waals surface area contributed by atoms with Crippen LogP contribution in [0.3, 0.4) is 0 Å². The molecule has 0 saturated carbocycles. The van der Waals surface area contributed by atoms with E-state index in [1.54, 1.807) is 7.11 Å². The van der Waals surface area contributed by atoms with Crippen LogP contribution in [-0.2, 0) is 11.3 Å². The number of aliphatic imine (C=N–C) groups is 1. The summed E-state index contributed by atoms with van der Waals surface area (Å²) in [6.07, 6.45) is 0. The van der Waals surface area contributed by atoms with Gasteiger partial charge in [-0.05, 0) is 19.9 Å². The van der Waals surface area contributed by atoms with Crippen LogP contribution in [0.2, 0.25) is 0 Å². The van der Waals surface area contributed by atoms with Crippen molar-refractivity contribution in [3.8, 4) is 5.88 Å². The van der Waals surface area contributed by atoms with Gasteiger partial charge >= 0.3 is 0 Å². The standard InChI is InChI=1S/C17H29N5O2/c1-4-18-17(19-12-14(2)22-8-10-24-11-9-22)20-13-15-6-5-7-16(21-15)23-3/h5-7,14H,4,8-13H2,1-3H3,(H2,18,19,20). The Balaban J connectivity index is 1.87. The van der Waals surface area contributed by atoms with Gasteiger partial charge in [0.2, 0.25) is 5.88 Å². The molecule has 1 aromatic heterocycles. The van der Waals surface area contributed by atoms with Crippen LogP contribution >= 0.6 is 0 Å². The molecule has 0 spiro atoms. The second kappa shape index (κ2) is 10.1. The third-order valence-electron chi connectivity index (χ3n) is 3.97. The molecule has 1 aromatic rings. The molecule has 1 fully saturated rings. The molecule has 1 saturated heterocycles. The molecule has 1 aliphatic rings. The summed E-state index contributed by atoms with van der Waals surface area (Å²) in [6, 6.07) is 6.15. The Morgan fingerprint density at radius 3 is 2.88 bits per heavy atom. The minimum absolute atomic E-state index is 0.438. The Hall–Kier alpha value is -1.86. The van der Waals surface area contributed by atoms with Gasteiger partial charge in [-0.1, -0.05) is 6.07 Å². The fraction of sp³-hybridized carbons (Fsp3) is 0.647. The first-order valence-corrected chi connectivity index (χ1v) is 8.56. The van der Waals surface area contributed by atoms with Gasteiger partial charge in [0.15, 0.2) is 5.96 Å². The number of hydrogen-bond acceptors (Lipinski definition) is 5.